The Kier molecular flexibility index (Phi) is 4.60. The van der Waals surface area contributed by atoms with Crippen molar-refractivity contribution in [2.45, 2.75) is 10.6 Å². The lowest BCUT2D eigenvalue weighted by atomic mass is 10.1. The molecule has 3 nitrogen and oxygen atoms in total. The standard InChI is InChI=1S/C15H12N2OS/c16-10-15(17-18)14-9-5-4-6-12(14)11-19-13-7-2-1-3-8-13/h1-9,18H,11H2/b17-15-. The van der Waals surface area contributed by atoms with Crippen LogP contribution in [-0.4, -0.2) is 10.9 Å². The Morgan fingerprint density at radius 2 is 1.79 bits per heavy atom. The van der Waals surface area contributed by atoms with Gasteiger partial charge in [-0.25, -0.2) is 0 Å². The number of benzene rings is 2. The monoisotopic (exact) mass is 268 g/mol. The van der Waals surface area contributed by atoms with Crippen molar-refractivity contribution < 1.29 is 5.21 Å². The molecule has 0 aliphatic heterocycles. The van der Waals surface area contributed by atoms with Gasteiger partial charge in [0.2, 0.25) is 0 Å². The molecule has 2 aromatic rings. The van der Waals surface area contributed by atoms with Gasteiger partial charge in [0.1, 0.15) is 6.07 Å². The quantitative estimate of drug-likeness (QED) is 0.398. The lowest BCUT2D eigenvalue weighted by Crippen LogP contribution is -2.01. The molecule has 0 spiro atoms. The van der Waals surface area contributed by atoms with Gasteiger partial charge in [0.05, 0.1) is 0 Å². The maximum absolute atomic E-state index is 8.94. The zero-order chi connectivity index (χ0) is 13.5. The number of thioether (sulfide) groups is 1. The molecule has 0 heterocycles. The maximum Gasteiger partial charge on any atom is 0.187 e. The summed E-state index contributed by atoms with van der Waals surface area (Å²) < 4.78 is 0. The van der Waals surface area contributed by atoms with Crippen LogP contribution in [0.4, 0.5) is 0 Å². The molecular weight excluding hydrogens is 256 g/mol. The smallest absolute Gasteiger partial charge is 0.187 e. The Morgan fingerprint density at radius 3 is 2.47 bits per heavy atom. The first-order valence-electron chi connectivity index (χ1n) is 5.73. The molecular formula is C15H12N2OS. The molecule has 0 saturated carbocycles. The zero-order valence-electron chi connectivity index (χ0n) is 10.2. The van der Waals surface area contributed by atoms with E-state index in [9.17, 15) is 0 Å². The second-order valence-electron chi connectivity index (χ2n) is 3.82. The van der Waals surface area contributed by atoms with Crippen molar-refractivity contribution in [3.8, 4) is 6.07 Å². The highest BCUT2D eigenvalue weighted by molar-refractivity contribution is 7.98. The average Bonchev–Trinajstić information content (AvgIpc) is 2.48. The minimum Gasteiger partial charge on any atom is -0.410 e. The fourth-order valence-corrected chi connectivity index (χ4v) is 2.61. The predicted octanol–water partition coefficient (Wildman–Crippen LogP) is 3.68. The number of nitriles is 1. The van der Waals surface area contributed by atoms with Crippen molar-refractivity contribution >= 4 is 17.5 Å². The van der Waals surface area contributed by atoms with Gasteiger partial charge in [-0.1, -0.05) is 47.6 Å². The molecule has 0 radical (unpaired) electrons. The van der Waals surface area contributed by atoms with E-state index in [0.717, 1.165) is 16.2 Å². The molecule has 4 heteroatoms. The molecule has 0 saturated heterocycles. The van der Waals surface area contributed by atoms with Gasteiger partial charge >= 0.3 is 0 Å². The normalized spacial score (nSPS) is 11.0. The zero-order valence-corrected chi connectivity index (χ0v) is 11.0. The number of oxime groups is 1. The Morgan fingerprint density at radius 1 is 1.11 bits per heavy atom. The summed E-state index contributed by atoms with van der Waals surface area (Å²) in [5.41, 5.74) is 1.70. The minimum absolute atomic E-state index is 0.0456. The molecule has 0 atom stereocenters. The van der Waals surface area contributed by atoms with Crippen molar-refractivity contribution in [1.82, 2.24) is 0 Å². The lowest BCUT2D eigenvalue weighted by Gasteiger charge is -2.06. The van der Waals surface area contributed by atoms with Crippen LogP contribution in [0.1, 0.15) is 11.1 Å². The highest BCUT2D eigenvalue weighted by Crippen LogP contribution is 2.24. The van der Waals surface area contributed by atoms with E-state index in [4.69, 9.17) is 10.5 Å². The first-order chi connectivity index (χ1) is 9.35. The van der Waals surface area contributed by atoms with E-state index in [0.29, 0.717) is 5.56 Å². The van der Waals surface area contributed by atoms with Gasteiger partial charge in [-0.2, -0.15) is 5.26 Å². The SMILES string of the molecule is N#C/C(=N/O)c1ccccc1CSc1ccccc1. The van der Waals surface area contributed by atoms with E-state index < -0.39 is 0 Å². The summed E-state index contributed by atoms with van der Waals surface area (Å²) in [7, 11) is 0. The number of hydrogen-bond donors (Lipinski definition) is 1. The Bertz CT molecular complexity index is 618. The summed E-state index contributed by atoms with van der Waals surface area (Å²) in [6, 6.07) is 19.4. The summed E-state index contributed by atoms with van der Waals surface area (Å²) in [6.07, 6.45) is 0. The van der Waals surface area contributed by atoms with Crippen LogP contribution in [0.2, 0.25) is 0 Å². The molecule has 2 aromatic carbocycles. The van der Waals surface area contributed by atoms with Crippen LogP contribution < -0.4 is 0 Å². The third-order valence-electron chi connectivity index (χ3n) is 2.62. The van der Waals surface area contributed by atoms with E-state index in [2.05, 4.69) is 5.16 Å². The number of hydrogen-bond acceptors (Lipinski definition) is 4. The molecule has 1 N–H and O–H groups in total. The highest BCUT2D eigenvalue weighted by Gasteiger charge is 2.09. The molecule has 0 fully saturated rings. The van der Waals surface area contributed by atoms with Crippen LogP contribution in [0.3, 0.4) is 0 Å². The fraction of sp³-hybridized carbons (Fsp3) is 0.0667. The Hall–Kier alpha value is -2.25. The van der Waals surface area contributed by atoms with Crippen molar-refractivity contribution in [1.29, 1.82) is 5.26 Å². The molecule has 0 amide bonds. The van der Waals surface area contributed by atoms with E-state index in [1.807, 2.05) is 54.6 Å². The minimum atomic E-state index is 0.0456. The van der Waals surface area contributed by atoms with Gasteiger partial charge in [-0.3, -0.25) is 0 Å². The third-order valence-corrected chi connectivity index (χ3v) is 3.68. The Balaban J connectivity index is 2.20. The van der Waals surface area contributed by atoms with Crippen LogP contribution in [0.5, 0.6) is 0 Å². The molecule has 0 aliphatic carbocycles. The van der Waals surface area contributed by atoms with E-state index in [1.165, 1.54) is 0 Å². The number of nitrogens with zero attached hydrogens (tertiary/aromatic N) is 2. The summed E-state index contributed by atoms with van der Waals surface area (Å²) in [4.78, 5) is 1.16. The van der Waals surface area contributed by atoms with E-state index in [-0.39, 0.29) is 5.71 Å². The molecule has 0 bridgehead atoms. The Labute approximate surface area is 116 Å². The molecule has 19 heavy (non-hydrogen) atoms. The average molecular weight is 268 g/mol. The topological polar surface area (TPSA) is 56.4 Å². The fourth-order valence-electron chi connectivity index (χ4n) is 1.69. The van der Waals surface area contributed by atoms with Crippen molar-refractivity contribution in [2.75, 3.05) is 0 Å². The molecule has 0 unspecified atom stereocenters. The van der Waals surface area contributed by atoms with Gasteiger partial charge in [-0.15, -0.1) is 11.8 Å². The van der Waals surface area contributed by atoms with Crippen LogP contribution in [0, 0.1) is 11.3 Å². The predicted molar refractivity (Wildman–Crippen MR) is 76.4 cm³/mol. The van der Waals surface area contributed by atoms with Crippen molar-refractivity contribution in [3.05, 3.63) is 65.7 Å². The highest BCUT2D eigenvalue weighted by atomic mass is 32.2. The van der Waals surface area contributed by atoms with Crippen LogP contribution in [0.25, 0.3) is 0 Å². The lowest BCUT2D eigenvalue weighted by molar-refractivity contribution is 0.320. The third kappa shape index (κ3) is 3.36. The largest absolute Gasteiger partial charge is 0.410 e. The molecule has 0 aromatic heterocycles. The maximum atomic E-state index is 8.94. The van der Waals surface area contributed by atoms with Gasteiger partial charge in [0.15, 0.2) is 5.71 Å². The molecule has 0 aliphatic rings. The summed E-state index contributed by atoms with van der Waals surface area (Å²) in [6.45, 7) is 0. The second-order valence-corrected chi connectivity index (χ2v) is 4.87. The summed E-state index contributed by atoms with van der Waals surface area (Å²) >= 11 is 1.68. The molecule has 94 valence electrons. The van der Waals surface area contributed by atoms with E-state index in [1.54, 1.807) is 17.8 Å². The van der Waals surface area contributed by atoms with Gasteiger partial charge in [-0.05, 0) is 17.7 Å². The van der Waals surface area contributed by atoms with Crippen molar-refractivity contribution in [3.63, 3.8) is 0 Å². The van der Waals surface area contributed by atoms with Crippen LogP contribution in [0.15, 0.2) is 64.6 Å². The second kappa shape index (κ2) is 6.62. The summed E-state index contributed by atoms with van der Waals surface area (Å²) in [5, 5.41) is 20.8. The summed E-state index contributed by atoms with van der Waals surface area (Å²) in [5.74, 6) is 0.723. The van der Waals surface area contributed by atoms with Gasteiger partial charge in [0.25, 0.3) is 0 Å². The van der Waals surface area contributed by atoms with Crippen molar-refractivity contribution in [2.24, 2.45) is 5.16 Å². The molecule has 2 rings (SSSR count). The number of rotatable bonds is 4. The first kappa shape index (κ1) is 13.2. The van der Waals surface area contributed by atoms with Crippen LogP contribution >= 0.6 is 11.8 Å². The first-order valence-corrected chi connectivity index (χ1v) is 6.72. The van der Waals surface area contributed by atoms with Gasteiger partial charge < -0.3 is 5.21 Å². The van der Waals surface area contributed by atoms with Gasteiger partial charge in [0, 0.05) is 16.2 Å². The van der Waals surface area contributed by atoms with E-state index >= 15 is 0 Å². The van der Waals surface area contributed by atoms with Crippen LogP contribution in [-0.2, 0) is 5.75 Å².